The van der Waals surface area contributed by atoms with Gasteiger partial charge in [-0.05, 0) is 31.0 Å². The lowest BCUT2D eigenvalue weighted by molar-refractivity contribution is -0.156. The van der Waals surface area contributed by atoms with Crippen LogP contribution >= 0.6 is 35.0 Å². The zero-order chi connectivity index (χ0) is 18.9. The van der Waals surface area contributed by atoms with Crippen molar-refractivity contribution < 1.29 is 19.1 Å². The first-order chi connectivity index (χ1) is 12.3. The van der Waals surface area contributed by atoms with E-state index in [0.29, 0.717) is 27.8 Å². The predicted molar refractivity (Wildman–Crippen MR) is 100.0 cm³/mol. The van der Waals surface area contributed by atoms with E-state index in [-0.39, 0.29) is 17.3 Å². The molecule has 0 unspecified atom stereocenters. The second-order valence-corrected chi connectivity index (χ2v) is 8.73. The number of rotatable bonds is 5. The lowest BCUT2D eigenvalue weighted by atomic mass is 10.2. The van der Waals surface area contributed by atoms with Crippen molar-refractivity contribution in [1.29, 1.82) is 0 Å². The summed E-state index contributed by atoms with van der Waals surface area (Å²) in [5.74, 6) is -0.536. The van der Waals surface area contributed by atoms with Crippen LogP contribution in [0.3, 0.4) is 0 Å². The lowest BCUT2D eigenvalue weighted by Gasteiger charge is -2.29. The van der Waals surface area contributed by atoms with Gasteiger partial charge in [-0.3, -0.25) is 9.59 Å². The molecule has 1 N–H and O–H groups in total. The van der Waals surface area contributed by atoms with Crippen molar-refractivity contribution in [1.82, 2.24) is 10.2 Å². The summed E-state index contributed by atoms with van der Waals surface area (Å²) in [7, 11) is 0. The van der Waals surface area contributed by atoms with Gasteiger partial charge in [0.25, 0.3) is 5.91 Å². The number of carbonyl (C=O) groups is 3. The molecule has 1 aromatic rings. The summed E-state index contributed by atoms with van der Waals surface area (Å²) < 4.78 is 5.11. The molecule has 26 heavy (non-hydrogen) atoms. The fourth-order valence-corrected chi connectivity index (χ4v) is 5.03. The number of carbonyl (C=O) groups excluding carboxylic acids is 3. The topological polar surface area (TPSA) is 75.7 Å². The largest absolute Gasteiger partial charge is 0.454 e. The van der Waals surface area contributed by atoms with Gasteiger partial charge in [-0.15, -0.1) is 11.8 Å². The Morgan fingerprint density at radius 3 is 2.92 bits per heavy atom. The highest BCUT2D eigenvalue weighted by atomic mass is 35.5. The highest BCUT2D eigenvalue weighted by Gasteiger charge is 2.53. The van der Waals surface area contributed by atoms with Crippen LogP contribution in [0.25, 0.3) is 0 Å². The molecule has 0 aromatic heterocycles. The molecular formula is C17H18Cl2N2O4S. The van der Waals surface area contributed by atoms with Gasteiger partial charge in [-0.2, -0.15) is 0 Å². The SMILES string of the molecule is C[C@@]12CCC(=O)N1[C@@H](C(=O)OCC(=O)NCc1ccc(Cl)cc1Cl)CS2. The summed E-state index contributed by atoms with van der Waals surface area (Å²) in [5.41, 5.74) is 0.710. The fraction of sp³-hybridized carbons (Fsp3) is 0.471. The Morgan fingerprint density at radius 2 is 2.19 bits per heavy atom. The van der Waals surface area contributed by atoms with E-state index in [1.54, 1.807) is 34.9 Å². The van der Waals surface area contributed by atoms with Crippen molar-refractivity contribution in [3.63, 3.8) is 0 Å². The van der Waals surface area contributed by atoms with Crippen molar-refractivity contribution in [3.8, 4) is 0 Å². The van der Waals surface area contributed by atoms with E-state index in [9.17, 15) is 14.4 Å². The number of ether oxygens (including phenoxy) is 1. The summed E-state index contributed by atoms with van der Waals surface area (Å²) >= 11 is 13.4. The minimum Gasteiger partial charge on any atom is -0.454 e. The number of fused-ring (bicyclic) bond motifs is 1. The molecule has 1 aromatic carbocycles. The van der Waals surface area contributed by atoms with E-state index in [1.807, 2.05) is 6.92 Å². The molecule has 2 aliphatic rings. The summed E-state index contributed by atoms with van der Waals surface area (Å²) in [6, 6.07) is 4.36. The molecule has 2 amide bonds. The van der Waals surface area contributed by atoms with Gasteiger partial charge in [0, 0.05) is 28.8 Å². The van der Waals surface area contributed by atoms with Crippen LogP contribution in [0.2, 0.25) is 10.0 Å². The van der Waals surface area contributed by atoms with E-state index in [1.165, 1.54) is 0 Å². The zero-order valence-electron chi connectivity index (χ0n) is 14.1. The van der Waals surface area contributed by atoms with Crippen molar-refractivity contribution >= 4 is 52.7 Å². The van der Waals surface area contributed by atoms with Gasteiger partial charge >= 0.3 is 5.97 Å². The molecule has 2 saturated heterocycles. The molecule has 3 rings (SSSR count). The maximum absolute atomic E-state index is 12.3. The highest BCUT2D eigenvalue weighted by Crippen LogP contribution is 2.47. The Balaban J connectivity index is 1.48. The number of thioether (sulfide) groups is 1. The first-order valence-corrected chi connectivity index (χ1v) is 9.88. The standard InChI is InChI=1S/C17H18Cl2N2O4S/c1-17-5-4-15(23)21(17)13(9-26-17)16(24)25-8-14(22)20-7-10-2-3-11(18)6-12(10)19/h2-3,6,13H,4-5,7-9H2,1H3,(H,20,22)/t13-,17-/m1/s1. The first kappa shape index (κ1) is 19.3. The van der Waals surface area contributed by atoms with Gasteiger partial charge in [0.2, 0.25) is 5.91 Å². The van der Waals surface area contributed by atoms with E-state index in [0.717, 1.165) is 6.42 Å². The molecule has 0 spiro atoms. The van der Waals surface area contributed by atoms with Crippen molar-refractivity contribution in [3.05, 3.63) is 33.8 Å². The summed E-state index contributed by atoms with van der Waals surface area (Å²) in [6.07, 6.45) is 1.16. The van der Waals surface area contributed by atoms with Crippen LogP contribution in [0.5, 0.6) is 0 Å². The van der Waals surface area contributed by atoms with Crippen LogP contribution in [0.1, 0.15) is 25.3 Å². The average Bonchev–Trinajstić information content (AvgIpc) is 3.08. The molecule has 2 fully saturated rings. The molecule has 0 radical (unpaired) electrons. The van der Waals surface area contributed by atoms with Gasteiger partial charge in [-0.25, -0.2) is 4.79 Å². The molecule has 2 atom stereocenters. The highest BCUT2D eigenvalue weighted by molar-refractivity contribution is 8.01. The number of hydrogen-bond donors (Lipinski definition) is 1. The normalized spacial score (nSPS) is 24.5. The number of halogens is 2. The number of nitrogens with one attached hydrogen (secondary N) is 1. The Bertz CT molecular complexity index is 760. The van der Waals surface area contributed by atoms with Crippen LogP contribution in [0.4, 0.5) is 0 Å². The number of hydrogen-bond acceptors (Lipinski definition) is 5. The molecule has 9 heteroatoms. The Kier molecular flexibility index (Phi) is 5.69. The van der Waals surface area contributed by atoms with Crippen molar-refractivity contribution in [2.75, 3.05) is 12.4 Å². The van der Waals surface area contributed by atoms with Gasteiger partial charge in [-0.1, -0.05) is 29.3 Å². The zero-order valence-corrected chi connectivity index (χ0v) is 16.4. The van der Waals surface area contributed by atoms with Gasteiger partial charge in [0.05, 0.1) is 4.87 Å². The third-order valence-electron chi connectivity index (χ3n) is 4.55. The maximum atomic E-state index is 12.3. The minimum atomic E-state index is -0.626. The predicted octanol–water partition coefficient (Wildman–Crippen LogP) is 2.61. The third kappa shape index (κ3) is 3.94. The van der Waals surface area contributed by atoms with Gasteiger partial charge < -0.3 is 15.0 Å². The van der Waals surface area contributed by atoms with Crippen molar-refractivity contribution in [2.24, 2.45) is 0 Å². The molecule has 2 aliphatic heterocycles. The molecular weight excluding hydrogens is 399 g/mol. The molecule has 0 bridgehead atoms. The molecule has 140 valence electrons. The van der Waals surface area contributed by atoms with Crippen molar-refractivity contribution in [2.45, 2.75) is 37.2 Å². The van der Waals surface area contributed by atoms with Gasteiger partial charge in [0.1, 0.15) is 6.04 Å². The lowest BCUT2D eigenvalue weighted by Crippen LogP contribution is -2.47. The third-order valence-corrected chi connectivity index (χ3v) is 6.65. The van der Waals surface area contributed by atoms with E-state index < -0.39 is 24.5 Å². The minimum absolute atomic E-state index is 0.0405. The van der Waals surface area contributed by atoms with Crippen LogP contribution in [-0.2, 0) is 25.7 Å². The van der Waals surface area contributed by atoms with Crippen LogP contribution in [0, 0.1) is 0 Å². The fourth-order valence-electron chi connectivity index (χ4n) is 3.14. The number of esters is 1. The average molecular weight is 417 g/mol. The summed E-state index contributed by atoms with van der Waals surface area (Å²) in [5, 5.41) is 3.60. The second kappa shape index (κ2) is 7.66. The molecule has 6 nitrogen and oxygen atoms in total. The van der Waals surface area contributed by atoms with E-state index in [4.69, 9.17) is 27.9 Å². The van der Waals surface area contributed by atoms with Crippen LogP contribution < -0.4 is 5.32 Å². The first-order valence-electron chi connectivity index (χ1n) is 8.13. The summed E-state index contributed by atoms with van der Waals surface area (Å²) in [4.78, 5) is 37.5. The monoisotopic (exact) mass is 416 g/mol. The quantitative estimate of drug-likeness (QED) is 0.746. The second-order valence-electron chi connectivity index (χ2n) is 6.39. The van der Waals surface area contributed by atoms with Crippen LogP contribution in [-0.4, -0.2) is 46.0 Å². The van der Waals surface area contributed by atoms with E-state index in [2.05, 4.69) is 5.32 Å². The van der Waals surface area contributed by atoms with E-state index >= 15 is 0 Å². The smallest absolute Gasteiger partial charge is 0.330 e. The Hall–Kier alpha value is -1.44. The molecule has 2 heterocycles. The number of nitrogens with zero attached hydrogens (tertiary/aromatic N) is 1. The maximum Gasteiger partial charge on any atom is 0.330 e. The van der Waals surface area contributed by atoms with Gasteiger partial charge in [0.15, 0.2) is 6.61 Å². The Labute approximate surface area is 165 Å². The van der Waals surface area contributed by atoms with Crippen LogP contribution in [0.15, 0.2) is 18.2 Å². The molecule has 0 saturated carbocycles. The Morgan fingerprint density at radius 1 is 1.42 bits per heavy atom. The molecule has 0 aliphatic carbocycles. The number of benzene rings is 1. The summed E-state index contributed by atoms with van der Waals surface area (Å²) in [6.45, 7) is 1.76. The number of amides is 2.